The number of allylic oxidation sites excluding steroid dienone is 7. The summed E-state index contributed by atoms with van der Waals surface area (Å²) in [7, 11) is 1.00. The lowest BCUT2D eigenvalue weighted by molar-refractivity contribution is 0.399. The summed E-state index contributed by atoms with van der Waals surface area (Å²) in [6.45, 7) is 10.5. The Labute approximate surface area is 149 Å². The molecule has 1 rings (SSSR count). The minimum absolute atomic E-state index is 0.992. The first-order valence-corrected chi connectivity index (χ1v) is 8.71. The van der Waals surface area contributed by atoms with E-state index in [0.29, 0.717) is 0 Å². The summed E-state index contributed by atoms with van der Waals surface area (Å²) in [6, 6.07) is 10.6. The number of rotatable bonds is 9. The number of aliphatic hydroxyl groups excluding tert-OH is 1. The standard InChI is InChI=1S/C22H30.CH4O/c1-5-21(17-18-22-14-7-6-8-15-22)16-10-13-20(4)12-9-11-19(2)3;1-2/h5-8,11,13-15,17H,1,9-10,12,16,18H2,2-4H3;2H,1H3/b20-13+,21-17+;. The van der Waals surface area contributed by atoms with Gasteiger partial charge in [0.15, 0.2) is 0 Å². The predicted molar refractivity (Wildman–Crippen MR) is 108 cm³/mol. The Hall–Kier alpha value is -1.86. The van der Waals surface area contributed by atoms with E-state index >= 15 is 0 Å². The van der Waals surface area contributed by atoms with Gasteiger partial charge in [0, 0.05) is 7.11 Å². The van der Waals surface area contributed by atoms with Crippen LogP contribution in [-0.2, 0) is 6.42 Å². The molecule has 1 aromatic carbocycles. The van der Waals surface area contributed by atoms with Crippen molar-refractivity contribution in [3.63, 3.8) is 0 Å². The normalized spacial score (nSPS) is 11.4. The molecule has 0 atom stereocenters. The van der Waals surface area contributed by atoms with Crippen LogP contribution in [0.4, 0.5) is 0 Å². The Morgan fingerprint density at radius 3 is 2.12 bits per heavy atom. The highest BCUT2D eigenvalue weighted by Crippen LogP contribution is 2.13. The van der Waals surface area contributed by atoms with E-state index in [4.69, 9.17) is 5.11 Å². The summed E-state index contributed by atoms with van der Waals surface area (Å²) in [6.07, 6.45) is 14.5. The third-order valence-electron chi connectivity index (χ3n) is 3.72. The Balaban J connectivity index is 0.00000254. The monoisotopic (exact) mass is 326 g/mol. The molecule has 24 heavy (non-hydrogen) atoms. The Morgan fingerprint density at radius 1 is 0.917 bits per heavy atom. The fourth-order valence-corrected chi connectivity index (χ4v) is 2.33. The molecule has 0 bridgehead atoms. The number of hydrogen-bond donors (Lipinski definition) is 1. The number of aliphatic hydroxyl groups is 1. The molecular formula is C23H34O. The maximum atomic E-state index is 7.00. The van der Waals surface area contributed by atoms with E-state index < -0.39 is 0 Å². The molecule has 1 heteroatoms. The Morgan fingerprint density at radius 2 is 1.54 bits per heavy atom. The lowest BCUT2D eigenvalue weighted by Crippen LogP contribution is -1.85. The van der Waals surface area contributed by atoms with Gasteiger partial charge in [-0.25, -0.2) is 0 Å². The van der Waals surface area contributed by atoms with Crippen molar-refractivity contribution in [2.24, 2.45) is 0 Å². The fraction of sp³-hybridized carbons (Fsp3) is 0.391. The van der Waals surface area contributed by atoms with Crippen LogP contribution in [0.25, 0.3) is 0 Å². The van der Waals surface area contributed by atoms with E-state index in [0.717, 1.165) is 32.8 Å². The van der Waals surface area contributed by atoms with Gasteiger partial charge in [-0.15, -0.1) is 0 Å². The highest BCUT2D eigenvalue weighted by molar-refractivity contribution is 5.23. The quantitative estimate of drug-likeness (QED) is 0.410. The maximum absolute atomic E-state index is 7.00. The van der Waals surface area contributed by atoms with Gasteiger partial charge in [0.1, 0.15) is 0 Å². The van der Waals surface area contributed by atoms with E-state index in [-0.39, 0.29) is 0 Å². The van der Waals surface area contributed by atoms with Crippen LogP contribution in [0.1, 0.15) is 52.0 Å². The maximum Gasteiger partial charge on any atom is 0.0319 e. The summed E-state index contributed by atoms with van der Waals surface area (Å²) in [5.74, 6) is 0. The molecule has 0 unspecified atom stereocenters. The zero-order chi connectivity index (χ0) is 18.2. The Bertz CT molecular complexity index is 528. The highest BCUT2D eigenvalue weighted by Gasteiger charge is 1.94. The van der Waals surface area contributed by atoms with Crippen molar-refractivity contribution in [1.82, 2.24) is 0 Å². The molecular weight excluding hydrogens is 292 g/mol. The minimum atomic E-state index is 0.992. The van der Waals surface area contributed by atoms with Gasteiger partial charge in [-0.05, 0) is 58.4 Å². The van der Waals surface area contributed by atoms with Gasteiger partial charge >= 0.3 is 0 Å². The lowest BCUT2D eigenvalue weighted by atomic mass is 10.0. The van der Waals surface area contributed by atoms with E-state index in [1.165, 1.54) is 28.7 Å². The molecule has 1 nitrogen and oxygen atoms in total. The summed E-state index contributed by atoms with van der Waals surface area (Å²) in [5, 5.41) is 7.00. The van der Waals surface area contributed by atoms with E-state index in [1.54, 1.807) is 0 Å². The molecule has 0 fully saturated rings. The van der Waals surface area contributed by atoms with E-state index in [1.807, 2.05) is 6.08 Å². The molecule has 1 N–H and O–H groups in total. The second-order valence-electron chi connectivity index (χ2n) is 6.08. The average Bonchev–Trinajstić information content (AvgIpc) is 2.60. The van der Waals surface area contributed by atoms with Crippen molar-refractivity contribution in [3.8, 4) is 0 Å². The molecule has 1 aromatic rings. The summed E-state index contributed by atoms with van der Waals surface area (Å²) in [4.78, 5) is 0. The van der Waals surface area contributed by atoms with Crippen molar-refractivity contribution in [1.29, 1.82) is 0 Å². The minimum Gasteiger partial charge on any atom is -0.400 e. The first-order valence-electron chi connectivity index (χ1n) is 8.71. The molecule has 0 aromatic heterocycles. The summed E-state index contributed by atoms with van der Waals surface area (Å²) >= 11 is 0. The molecule has 0 amide bonds. The average molecular weight is 327 g/mol. The van der Waals surface area contributed by atoms with Crippen molar-refractivity contribution < 1.29 is 5.11 Å². The van der Waals surface area contributed by atoms with Gasteiger partial charge in [-0.2, -0.15) is 0 Å². The lowest BCUT2D eigenvalue weighted by Gasteiger charge is -2.03. The third-order valence-corrected chi connectivity index (χ3v) is 3.72. The van der Waals surface area contributed by atoms with Crippen LogP contribution in [0.3, 0.4) is 0 Å². The van der Waals surface area contributed by atoms with Crippen LogP contribution >= 0.6 is 0 Å². The molecule has 132 valence electrons. The molecule has 0 aliphatic rings. The van der Waals surface area contributed by atoms with Crippen LogP contribution in [0.15, 0.2) is 77.9 Å². The zero-order valence-corrected chi connectivity index (χ0v) is 15.9. The summed E-state index contributed by atoms with van der Waals surface area (Å²) < 4.78 is 0. The number of benzene rings is 1. The van der Waals surface area contributed by atoms with Crippen LogP contribution in [0.5, 0.6) is 0 Å². The van der Waals surface area contributed by atoms with Gasteiger partial charge in [0.25, 0.3) is 0 Å². The summed E-state index contributed by atoms with van der Waals surface area (Å²) in [5.41, 5.74) is 5.60. The second-order valence-corrected chi connectivity index (χ2v) is 6.08. The molecule has 0 saturated carbocycles. The smallest absolute Gasteiger partial charge is 0.0319 e. The van der Waals surface area contributed by atoms with Crippen LogP contribution in [0.2, 0.25) is 0 Å². The predicted octanol–water partition coefficient (Wildman–Crippen LogP) is 6.42. The SMILES string of the molecule is C=C/C(=C\Cc1ccccc1)CC/C=C(\C)CCC=C(C)C.CO. The molecule has 0 aliphatic carbocycles. The number of hydrogen-bond acceptors (Lipinski definition) is 1. The largest absolute Gasteiger partial charge is 0.400 e. The van der Waals surface area contributed by atoms with E-state index in [2.05, 4.69) is 75.9 Å². The Kier molecular flexibility index (Phi) is 13.6. The van der Waals surface area contributed by atoms with Gasteiger partial charge in [-0.3, -0.25) is 0 Å². The topological polar surface area (TPSA) is 20.2 Å². The van der Waals surface area contributed by atoms with E-state index in [9.17, 15) is 0 Å². The molecule has 0 aliphatic heterocycles. The van der Waals surface area contributed by atoms with Gasteiger partial charge in [0.2, 0.25) is 0 Å². The third kappa shape index (κ3) is 11.7. The van der Waals surface area contributed by atoms with Crippen molar-refractivity contribution >= 4 is 0 Å². The van der Waals surface area contributed by atoms with Crippen molar-refractivity contribution in [2.45, 2.75) is 52.9 Å². The van der Waals surface area contributed by atoms with Gasteiger partial charge < -0.3 is 5.11 Å². The van der Waals surface area contributed by atoms with Gasteiger partial charge in [0.05, 0.1) is 0 Å². The van der Waals surface area contributed by atoms with Crippen LogP contribution in [0, 0.1) is 0 Å². The molecule has 0 heterocycles. The first-order chi connectivity index (χ1) is 11.6. The molecule has 0 saturated heterocycles. The van der Waals surface area contributed by atoms with Crippen LogP contribution in [-0.4, -0.2) is 12.2 Å². The highest BCUT2D eigenvalue weighted by atomic mass is 16.2. The van der Waals surface area contributed by atoms with Crippen molar-refractivity contribution in [2.75, 3.05) is 7.11 Å². The van der Waals surface area contributed by atoms with Crippen molar-refractivity contribution in [3.05, 3.63) is 83.5 Å². The second kappa shape index (κ2) is 14.7. The molecule has 0 spiro atoms. The zero-order valence-electron chi connectivity index (χ0n) is 15.9. The first kappa shape index (κ1) is 22.1. The van der Waals surface area contributed by atoms with Crippen LogP contribution < -0.4 is 0 Å². The molecule has 0 radical (unpaired) electrons. The fourth-order valence-electron chi connectivity index (χ4n) is 2.33. The van der Waals surface area contributed by atoms with Gasteiger partial charge in [-0.1, -0.05) is 77.9 Å².